The zero-order valence-electron chi connectivity index (χ0n) is 21.9. The lowest BCUT2D eigenvalue weighted by Gasteiger charge is -2.42. The van der Waals surface area contributed by atoms with Gasteiger partial charge in [-0.1, -0.05) is 24.1 Å². The maximum atomic E-state index is 13.7. The molecule has 0 aromatic heterocycles. The number of Topliss-reactive ketones (excluding diaryl/α,β-unsaturated/α-hetero) is 1. The fourth-order valence-corrected chi connectivity index (χ4v) is 6.70. The van der Waals surface area contributed by atoms with Gasteiger partial charge in [0.25, 0.3) is 0 Å². The minimum Gasteiger partial charge on any atom is -0.507 e. The van der Waals surface area contributed by atoms with E-state index in [0.29, 0.717) is 53.7 Å². The van der Waals surface area contributed by atoms with E-state index in [4.69, 9.17) is 9.84 Å². The van der Waals surface area contributed by atoms with Crippen molar-refractivity contribution in [3.8, 4) is 11.5 Å². The predicted octanol–water partition coefficient (Wildman–Crippen LogP) is 3.48. The number of fused-ring (bicyclic) bond motifs is 3. The van der Waals surface area contributed by atoms with Crippen molar-refractivity contribution in [1.82, 2.24) is 4.90 Å². The van der Waals surface area contributed by atoms with Gasteiger partial charge in [-0.3, -0.25) is 28.9 Å². The number of amides is 2. The number of carbonyl (C=O) groups is 5. The first-order chi connectivity index (χ1) is 18.6. The van der Waals surface area contributed by atoms with Crippen molar-refractivity contribution in [1.29, 1.82) is 0 Å². The molecule has 0 unspecified atom stereocenters. The minimum absolute atomic E-state index is 0.0395. The number of ketones is 2. The molecule has 9 nitrogen and oxygen atoms in total. The largest absolute Gasteiger partial charge is 0.507 e. The lowest BCUT2D eigenvalue weighted by atomic mass is 9.59. The number of unbranched alkanes of at least 4 members (excludes halogenated alkanes) is 2. The fourth-order valence-electron chi connectivity index (χ4n) is 6.70. The van der Waals surface area contributed by atoms with Crippen molar-refractivity contribution in [3.63, 3.8) is 0 Å². The summed E-state index contributed by atoms with van der Waals surface area (Å²) in [6, 6.07) is 4.81. The van der Waals surface area contributed by atoms with Crippen LogP contribution in [0.3, 0.4) is 0 Å². The maximum Gasteiger partial charge on any atom is 0.303 e. The van der Waals surface area contributed by atoms with Crippen LogP contribution in [0.25, 0.3) is 0 Å². The highest BCUT2D eigenvalue weighted by Gasteiger charge is 2.56. The van der Waals surface area contributed by atoms with E-state index < -0.39 is 29.6 Å². The average molecular weight is 534 g/mol. The molecule has 2 amide bonds. The van der Waals surface area contributed by atoms with Crippen LogP contribution >= 0.6 is 0 Å². The molecule has 204 valence electrons. The summed E-state index contributed by atoms with van der Waals surface area (Å²) in [6.07, 6.45) is 5.30. The molecule has 1 fully saturated rings. The molecule has 4 aliphatic rings. The Bertz CT molecular complexity index is 1380. The molecular formula is C30H31NO8. The maximum absolute atomic E-state index is 13.7. The number of ether oxygens (including phenoxy) is 1. The Balaban J connectivity index is 1.53. The number of hydrogen-bond donors (Lipinski definition) is 2. The quantitative estimate of drug-likeness (QED) is 0.224. The second kappa shape index (κ2) is 10.3. The molecule has 0 saturated carbocycles. The van der Waals surface area contributed by atoms with Crippen LogP contribution in [0.2, 0.25) is 0 Å². The number of methoxy groups -OCH3 is 1. The van der Waals surface area contributed by atoms with Crippen LogP contribution in [0.15, 0.2) is 52.6 Å². The number of rotatable bonds is 8. The van der Waals surface area contributed by atoms with Gasteiger partial charge >= 0.3 is 5.97 Å². The summed E-state index contributed by atoms with van der Waals surface area (Å²) in [7, 11) is 1.46. The van der Waals surface area contributed by atoms with Crippen molar-refractivity contribution in [2.75, 3.05) is 13.7 Å². The summed E-state index contributed by atoms with van der Waals surface area (Å²) in [5.74, 6) is -4.25. The van der Waals surface area contributed by atoms with E-state index in [1.54, 1.807) is 19.1 Å². The number of imide groups is 1. The SMILES string of the molecule is COc1cccc(O)c1[C@H]1C2=CC[C@@H]3C(=O)N(CCCCCC(=O)O)C(=O)[C@@H]3[C@@H]2CC2=C1C(=O)C(C)=CC2=O. The van der Waals surface area contributed by atoms with Gasteiger partial charge in [0.15, 0.2) is 11.6 Å². The number of carbonyl (C=O) groups excluding carboxylic acids is 4. The van der Waals surface area contributed by atoms with Crippen LogP contribution in [0, 0.1) is 17.8 Å². The first kappa shape index (κ1) is 26.6. The van der Waals surface area contributed by atoms with Crippen molar-refractivity contribution in [2.24, 2.45) is 17.8 Å². The third-order valence-corrected chi connectivity index (χ3v) is 8.48. The topological polar surface area (TPSA) is 138 Å². The number of benzene rings is 1. The lowest BCUT2D eigenvalue weighted by Crippen LogP contribution is -2.40. The highest BCUT2D eigenvalue weighted by atomic mass is 16.5. The van der Waals surface area contributed by atoms with Gasteiger partial charge in [0.05, 0.1) is 18.9 Å². The van der Waals surface area contributed by atoms with Crippen molar-refractivity contribution >= 4 is 29.4 Å². The molecule has 39 heavy (non-hydrogen) atoms. The van der Waals surface area contributed by atoms with Crippen LogP contribution < -0.4 is 4.74 Å². The molecule has 1 aromatic rings. The molecule has 1 aromatic carbocycles. The Labute approximate surface area is 225 Å². The van der Waals surface area contributed by atoms with E-state index >= 15 is 0 Å². The molecule has 9 heteroatoms. The lowest BCUT2D eigenvalue weighted by molar-refractivity contribution is -0.141. The van der Waals surface area contributed by atoms with Gasteiger partial charge in [-0.05, 0) is 56.7 Å². The summed E-state index contributed by atoms with van der Waals surface area (Å²) in [5, 5.41) is 19.8. The van der Waals surface area contributed by atoms with Crippen LogP contribution in [-0.2, 0) is 24.0 Å². The summed E-state index contributed by atoms with van der Waals surface area (Å²) >= 11 is 0. The number of phenolic OH excluding ortho intramolecular Hbond substituents is 1. The molecule has 1 saturated heterocycles. The first-order valence-electron chi connectivity index (χ1n) is 13.3. The zero-order chi connectivity index (χ0) is 28.0. The van der Waals surface area contributed by atoms with Gasteiger partial charge in [-0.25, -0.2) is 0 Å². The number of hydrogen-bond acceptors (Lipinski definition) is 7. The van der Waals surface area contributed by atoms with E-state index in [1.807, 2.05) is 6.08 Å². The van der Waals surface area contributed by atoms with E-state index in [2.05, 4.69) is 0 Å². The van der Waals surface area contributed by atoms with Gasteiger partial charge < -0.3 is 14.9 Å². The van der Waals surface area contributed by atoms with E-state index in [0.717, 1.165) is 5.57 Å². The minimum atomic E-state index is -0.879. The van der Waals surface area contributed by atoms with Crippen molar-refractivity contribution in [2.45, 2.75) is 51.4 Å². The monoisotopic (exact) mass is 533 g/mol. The van der Waals surface area contributed by atoms with Crippen molar-refractivity contribution in [3.05, 3.63) is 58.2 Å². The Morgan fingerprint density at radius 2 is 1.85 bits per heavy atom. The normalized spacial score (nSPS) is 26.2. The standard InChI is InChI=1S/C30H31NO8/c1-15-13-21(33)19-14-18-16(25(26(19)28(15)36)27-20(32)7-6-8-22(27)39-2)10-11-17-24(18)30(38)31(29(17)37)12-5-3-4-9-23(34)35/h6-8,10,13,17-18,24-25,32H,3-5,9,11-12,14H2,1-2H3,(H,34,35)/t17-,18+,24-,25-/m0/s1. The predicted molar refractivity (Wildman–Crippen MR) is 139 cm³/mol. The Hall–Kier alpha value is -4.01. The van der Waals surface area contributed by atoms with E-state index in [-0.39, 0.29) is 48.5 Å². The molecule has 0 spiro atoms. The number of nitrogens with zero attached hydrogens (tertiary/aromatic N) is 1. The number of allylic oxidation sites excluding steroid dienone is 6. The number of aromatic hydroxyl groups is 1. The Kier molecular flexibility index (Phi) is 7.01. The van der Waals surface area contributed by atoms with E-state index in [1.165, 1.54) is 24.2 Å². The van der Waals surface area contributed by atoms with Gasteiger partial charge in [0.2, 0.25) is 11.8 Å². The zero-order valence-corrected chi connectivity index (χ0v) is 21.9. The van der Waals surface area contributed by atoms with Gasteiger partial charge in [-0.2, -0.15) is 0 Å². The molecule has 3 aliphatic carbocycles. The molecule has 1 heterocycles. The average Bonchev–Trinajstić information content (AvgIpc) is 3.15. The molecule has 5 rings (SSSR count). The third kappa shape index (κ3) is 4.39. The van der Waals surface area contributed by atoms with Crippen molar-refractivity contribution < 1.29 is 38.9 Å². The summed E-state index contributed by atoms with van der Waals surface area (Å²) in [5.41, 5.74) is 2.04. The fraction of sp³-hybridized carbons (Fsp3) is 0.433. The van der Waals surface area contributed by atoms with Crippen LogP contribution in [0.4, 0.5) is 0 Å². The second-order valence-electron chi connectivity index (χ2n) is 10.7. The highest BCUT2D eigenvalue weighted by molar-refractivity contribution is 6.24. The highest BCUT2D eigenvalue weighted by Crippen LogP contribution is 2.57. The van der Waals surface area contributed by atoms with Crippen LogP contribution in [0.5, 0.6) is 11.5 Å². The number of carboxylic acid groups (broad SMARTS) is 1. The van der Waals surface area contributed by atoms with Gasteiger partial charge in [0.1, 0.15) is 11.5 Å². The van der Waals surface area contributed by atoms with Gasteiger partial charge in [0, 0.05) is 41.2 Å². The van der Waals surface area contributed by atoms with E-state index in [9.17, 15) is 29.1 Å². The third-order valence-electron chi connectivity index (χ3n) is 8.48. The van der Waals surface area contributed by atoms with Crippen LogP contribution in [-0.4, -0.2) is 58.1 Å². The summed E-state index contributed by atoms with van der Waals surface area (Å²) < 4.78 is 5.56. The number of aliphatic carboxylic acids is 1. The molecule has 4 atom stereocenters. The number of likely N-dealkylation sites (tertiary alicyclic amines) is 1. The van der Waals surface area contributed by atoms with Gasteiger partial charge in [-0.15, -0.1) is 0 Å². The van der Waals surface area contributed by atoms with Crippen LogP contribution in [0.1, 0.15) is 56.9 Å². The molecule has 1 aliphatic heterocycles. The Morgan fingerprint density at radius 1 is 1.08 bits per heavy atom. The first-order valence-corrected chi connectivity index (χ1v) is 13.3. The number of carboxylic acids is 1. The summed E-state index contributed by atoms with van der Waals surface area (Å²) in [6.45, 7) is 1.81. The molecular weight excluding hydrogens is 502 g/mol. The Morgan fingerprint density at radius 3 is 2.56 bits per heavy atom. The molecule has 2 N–H and O–H groups in total. The smallest absolute Gasteiger partial charge is 0.303 e. The number of phenols is 1. The molecule has 0 radical (unpaired) electrons. The summed E-state index contributed by atoms with van der Waals surface area (Å²) in [4.78, 5) is 65.8. The molecule has 0 bridgehead atoms. The second-order valence-corrected chi connectivity index (χ2v) is 10.7.